The quantitative estimate of drug-likeness (QED) is 0.610. The third-order valence-electron chi connectivity index (χ3n) is 3.55. The fourth-order valence-electron chi connectivity index (χ4n) is 2.27. The maximum atomic E-state index is 12.8. The Hall–Kier alpha value is -3.40. The molecular formula is C17H15N5O4S. The number of aromatic amines is 1. The smallest absolute Gasteiger partial charge is 0.331 e. The van der Waals surface area contributed by atoms with Gasteiger partial charge < -0.3 is 15.0 Å². The molecule has 1 saturated heterocycles. The molecule has 2 amide bonds. The summed E-state index contributed by atoms with van der Waals surface area (Å²) in [5, 5.41) is 2.75. The minimum atomic E-state index is -0.647. The van der Waals surface area contributed by atoms with Gasteiger partial charge in [0.15, 0.2) is 16.7 Å². The summed E-state index contributed by atoms with van der Waals surface area (Å²) in [7, 11) is 2.72. The van der Waals surface area contributed by atoms with Crippen LogP contribution in [0.25, 0.3) is 0 Å². The highest BCUT2D eigenvalue weighted by Crippen LogP contribution is 2.36. The Kier molecular flexibility index (Phi) is 5.36. The zero-order valence-electron chi connectivity index (χ0n) is 14.4. The van der Waals surface area contributed by atoms with Gasteiger partial charge in [0, 0.05) is 13.1 Å². The van der Waals surface area contributed by atoms with Gasteiger partial charge in [-0.15, -0.1) is 0 Å². The molecule has 0 radical (unpaired) electrons. The van der Waals surface area contributed by atoms with E-state index in [1.165, 1.54) is 25.4 Å². The summed E-state index contributed by atoms with van der Waals surface area (Å²) in [6.07, 6.45) is 2.44. The Morgan fingerprint density at radius 3 is 2.74 bits per heavy atom. The number of hydrogen-bond acceptors (Lipinski definition) is 7. The number of carbonyl (C=O) groups excluding carboxylic acids is 3. The molecule has 2 N–H and O–H groups in total. The first-order valence-corrected chi connectivity index (χ1v) is 8.58. The standard InChI is InChI=1S/C17H15N5O4S/c1-18-15(24)13-14(20-9-19-13)21-17-22(10-6-4-3-5-7-10)16(25)11(27-17)8-12(23)26-2/h3-9H,1-2H3,(H,18,24)(H,19,20). The van der Waals surface area contributed by atoms with Crippen molar-refractivity contribution in [2.45, 2.75) is 0 Å². The van der Waals surface area contributed by atoms with Crippen molar-refractivity contribution in [3.63, 3.8) is 0 Å². The Balaban J connectivity index is 2.07. The molecule has 10 heteroatoms. The summed E-state index contributed by atoms with van der Waals surface area (Å²) in [6.45, 7) is 0. The first kappa shape index (κ1) is 18.4. The lowest BCUT2D eigenvalue weighted by Crippen LogP contribution is -2.29. The number of aliphatic imine (C=N–C) groups is 1. The number of amidine groups is 1. The van der Waals surface area contributed by atoms with Crippen molar-refractivity contribution in [3.05, 3.63) is 53.3 Å². The number of benzene rings is 1. The van der Waals surface area contributed by atoms with E-state index in [4.69, 9.17) is 0 Å². The van der Waals surface area contributed by atoms with Crippen LogP contribution in [0.3, 0.4) is 0 Å². The number of nitrogens with zero attached hydrogens (tertiary/aromatic N) is 3. The van der Waals surface area contributed by atoms with Gasteiger partial charge in [0.1, 0.15) is 0 Å². The molecule has 1 aromatic heterocycles. The van der Waals surface area contributed by atoms with E-state index in [0.717, 1.165) is 17.8 Å². The number of imidazole rings is 1. The van der Waals surface area contributed by atoms with Crippen molar-refractivity contribution in [1.82, 2.24) is 15.3 Å². The average Bonchev–Trinajstić information content (AvgIpc) is 3.26. The first-order chi connectivity index (χ1) is 13.0. The summed E-state index contributed by atoms with van der Waals surface area (Å²) < 4.78 is 4.60. The number of thioether (sulfide) groups is 1. The van der Waals surface area contributed by atoms with Gasteiger partial charge in [-0.1, -0.05) is 18.2 Å². The minimum Gasteiger partial charge on any atom is -0.466 e. The maximum Gasteiger partial charge on any atom is 0.331 e. The molecule has 1 aliphatic rings. The number of rotatable bonds is 4. The zero-order chi connectivity index (χ0) is 19.4. The number of aromatic nitrogens is 2. The number of H-pyrrole nitrogens is 1. The molecular weight excluding hydrogens is 370 g/mol. The number of esters is 1. The van der Waals surface area contributed by atoms with Crippen LogP contribution in [-0.2, 0) is 14.3 Å². The normalized spacial score (nSPS) is 16.8. The summed E-state index contributed by atoms with van der Waals surface area (Å²) in [5.74, 6) is -1.33. The fourth-order valence-corrected chi connectivity index (χ4v) is 3.22. The topological polar surface area (TPSA) is 117 Å². The molecule has 3 rings (SSSR count). The molecule has 0 bridgehead atoms. The molecule has 9 nitrogen and oxygen atoms in total. The Morgan fingerprint density at radius 1 is 1.33 bits per heavy atom. The summed E-state index contributed by atoms with van der Waals surface area (Å²) in [6, 6.07) is 8.84. The monoisotopic (exact) mass is 385 g/mol. The van der Waals surface area contributed by atoms with E-state index in [-0.39, 0.29) is 21.6 Å². The minimum absolute atomic E-state index is 0.130. The highest BCUT2D eigenvalue weighted by molar-refractivity contribution is 8.19. The van der Waals surface area contributed by atoms with Crippen LogP contribution in [0, 0.1) is 0 Å². The van der Waals surface area contributed by atoms with Crippen molar-refractivity contribution >= 4 is 46.2 Å². The molecule has 0 spiro atoms. The van der Waals surface area contributed by atoms with Crippen LogP contribution >= 0.6 is 11.8 Å². The average molecular weight is 385 g/mol. The molecule has 0 atom stereocenters. The molecule has 2 aromatic rings. The lowest BCUT2D eigenvalue weighted by molar-refractivity contribution is -0.135. The SMILES string of the molecule is CNC(=O)c1[nH]cnc1N=C1SC(=CC(=O)OC)C(=O)N1c1ccccc1. The Labute approximate surface area is 158 Å². The first-order valence-electron chi connectivity index (χ1n) is 7.76. The van der Waals surface area contributed by atoms with Gasteiger partial charge in [-0.3, -0.25) is 14.5 Å². The van der Waals surface area contributed by atoms with Crippen LogP contribution in [-0.4, -0.2) is 47.1 Å². The maximum absolute atomic E-state index is 12.8. The van der Waals surface area contributed by atoms with E-state index >= 15 is 0 Å². The summed E-state index contributed by atoms with van der Waals surface area (Å²) >= 11 is 0.993. The van der Waals surface area contributed by atoms with Gasteiger partial charge in [-0.25, -0.2) is 14.8 Å². The summed E-state index contributed by atoms with van der Waals surface area (Å²) in [5.41, 5.74) is 0.732. The molecule has 1 aliphatic heterocycles. The van der Waals surface area contributed by atoms with E-state index < -0.39 is 17.8 Å². The van der Waals surface area contributed by atoms with Crippen LogP contribution < -0.4 is 10.2 Å². The lowest BCUT2D eigenvalue weighted by Gasteiger charge is -2.15. The second kappa shape index (κ2) is 7.87. The second-order valence-electron chi connectivity index (χ2n) is 5.18. The molecule has 1 fully saturated rings. The van der Waals surface area contributed by atoms with Crippen molar-refractivity contribution in [3.8, 4) is 0 Å². The number of para-hydroxylation sites is 1. The molecule has 2 heterocycles. The van der Waals surface area contributed by atoms with Gasteiger partial charge >= 0.3 is 5.97 Å². The van der Waals surface area contributed by atoms with E-state index in [1.54, 1.807) is 24.3 Å². The third-order valence-corrected chi connectivity index (χ3v) is 4.51. The molecule has 0 aliphatic carbocycles. The molecule has 0 saturated carbocycles. The van der Waals surface area contributed by atoms with Crippen LogP contribution in [0.2, 0.25) is 0 Å². The number of hydrogen-bond donors (Lipinski definition) is 2. The van der Waals surface area contributed by atoms with Crippen LogP contribution in [0.5, 0.6) is 0 Å². The van der Waals surface area contributed by atoms with Crippen LogP contribution in [0.1, 0.15) is 10.5 Å². The van der Waals surface area contributed by atoms with Crippen molar-refractivity contribution in [2.75, 3.05) is 19.1 Å². The van der Waals surface area contributed by atoms with Crippen molar-refractivity contribution < 1.29 is 19.1 Å². The Morgan fingerprint density at radius 2 is 2.07 bits per heavy atom. The molecule has 138 valence electrons. The number of nitrogens with one attached hydrogen (secondary N) is 2. The second-order valence-corrected chi connectivity index (χ2v) is 6.19. The van der Waals surface area contributed by atoms with Crippen LogP contribution in [0.4, 0.5) is 11.5 Å². The number of ether oxygens (including phenoxy) is 1. The van der Waals surface area contributed by atoms with Gasteiger partial charge in [-0.2, -0.15) is 0 Å². The van der Waals surface area contributed by atoms with Crippen LogP contribution in [0.15, 0.2) is 52.6 Å². The largest absolute Gasteiger partial charge is 0.466 e. The van der Waals surface area contributed by atoms with E-state index in [2.05, 4.69) is 25.0 Å². The van der Waals surface area contributed by atoms with Gasteiger partial charge in [-0.05, 0) is 23.9 Å². The predicted octanol–water partition coefficient (Wildman–Crippen LogP) is 1.59. The zero-order valence-corrected chi connectivity index (χ0v) is 15.2. The number of amides is 2. The van der Waals surface area contributed by atoms with E-state index in [1.807, 2.05) is 6.07 Å². The molecule has 1 aromatic carbocycles. The van der Waals surface area contributed by atoms with Gasteiger partial charge in [0.25, 0.3) is 11.8 Å². The number of anilines is 1. The lowest BCUT2D eigenvalue weighted by atomic mass is 10.3. The predicted molar refractivity (Wildman–Crippen MR) is 101 cm³/mol. The van der Waals surface area contributed by atoms with Gasteiger partial charge in [0.2, 0.25) is 0 Å². The third kappa shape index (κ3) is 3.75. The fraction of sp³-hybridized carbons (Fsp3) is 0.118. The van der Waals surface area contributed by atoms with E-state index in [0.29, 0.717) is 5.69 Å². The van der Waals surface area contributed by atoms with E-state index in [9.17, 15) is 14.4 Å². The highest BCUT2D eigenvalue weighted by atomic mass is 32.2. The number of carbonyl (C=O) groups is 3. The molecule has 0 unspecified atom stereocenters. The van der Waals surface area contributed by atoms with Crippen molar-refractivity contribution in [1.29, 1.82) is 0 Å². The van der Waals surface area contributed by atoms with Gasteiger partial charge in [0.05, 0.1) is 24.0 Å². The van der Waals surface area contributed by atoms with Crippen molar-refractivity contribution in [2.24, 2.45) is 4.99 Å². The number of methoxy groups -OCH3 is 1. The summed E-state index contributed by atoms with van der Waals surface area (Å²) in [4.78, 5) is 48.9. The Bertz CT molecular complexity index is 951. The molecule has 27 heavy (non-hydrogen) atoms. The highest BCUT2D eigenvalue weighted by Gasteiger charge is 2.35.